The Hall–Kier alpha value is -3.80. The topological polar surface area (TPSA) is 59.4 Å². The SMILES string of the molecule is CC(=O)N(C)c1cccc(-c2cc3cnc(Nc4cccc(OC(C)C)c4)cc3n2C)c1. The van der Waals surface area contributed by atoms with Crippen LogP contribution in [0.4, 0.5) is 17.2 Å². The molecular weight excluding hydrogens is 400 g/mol. The summed E-state index contributed by atoms with van der Waals surface area (Å²) >= 11 is 0. The van der Waals surface area contributed by atoms with Crippen LogP contribution in [0.1, 0.15) is 20.8 Å². The Balaban J connectivity index is 1.65. The molecule has 4 aromatic rings. The average Bonchev–Trinajstić information content (AvgIpc) is 3.09. The van der Waals surface area contributed by atoms with Crippen LogP contribution in [0.5, 0.6) is 5.75 Å². The van der Waals surface area contributed by atoms with Crippen molar-refractivity contribution in [3.8, 4) is 17.0 Å². The summed E-state index contributed by atoms with van der Waals surface area (Å²) in [6.45, 7) is 5.58. The number of carbonyl (C=O) groups is 1. The third kappa shape index (κ3) is 4.44. The summed E-state index contributed by atoms with van der Waals surface area (Å²) in [5.41, 5.74) is 4.96. The van der Waals surface area contributed by atoms with Gasteiger partial charge in [-0.05, 0) is 44.2 Å². The number of ether oxygens (including phenoxy) is 1. The van der Waals surface area contributed by atoms with Crippen molar-refractivity contribution < 1.29 is 9.53 Å². The maximum atomic E-state index is 11.8. The number of carbonyl (C=O) groups excluding carboxylic acids is 1. The van der Waals surface area contributed by atoms with Crippen molar-refractivity contribution in [2.75, 3.05) is 17.3 Å². The lowest BCUT2D eigenvalue weighted by atomic mass is 10.1. The molecule has 0 unspecified atom stereocenters. The Kier molecular flexibility index (Phi) is 5.86. The Morgan fingerprint density at radius 1 is 1.09 bits per heavy atom. The molecule has 1 N–H and O–H groups in total. The van der Waals surface area contributed by atoms with Gasteiger partial charge in [-0.25, -0.2) is 4.98 Å². The van der Waals surface area contributed by atoms with Gasteiger partial charge >= 0.3 is 0 Å². The van der Waals surface area contributed by atoms with Crippen LogP contribution in [0, 0.1) is 0 Å². The van der Waals surface area contributed by atoms with Gasteiger partial charge < -0.3 is 19.5 Å². The molecule has 0 spiro atoms. The number of nitrogens with one attached hydrogen (secondary N) is 1. The van der Waals surface area contributed by atoms with Crippen molar-refractivity contribution in [2.24, 2.45) is 7.05 Å². The fourth-order valence-corrected chi connectivity index (χ4v) is 3.70. The molecule has 4 rings (SSSR count). The molecule has 0 aliphatic rings. The molecule has 0 saturated carbocycles. The van der Waals surface area contributed by atoms with E-state index in [-0.39, 0.29) is 12.0 Å². The van der Waals surface area contributed by atoms with E-state index < -0.39 is 0 Å². The number of anilines is 3. The van der Waals surface area contributed by atoms with E-state index in [2.05, 4.69) is 27.0 Å². The highest BCUT2D eigenvalue weighted by molar-refractivity contribution is 5.93. The van der Waals surface area contributed by atoms with E-state index in [1.165, 1.54) is 0 Å². The van der Waals surface area contributed by atoms with Gasteiger partial charge in [0.05, 0.1) is 11.6 Å². The molecule has 0 fully saturated rings. The van der Waals surface area contributed by atoms with Crippen molar-refractivity contribution in [2.45, 2.75) is 26.9 Å². The Morgan fingerprint density at radius 2 is 1.88 bits per heavy atom. The molecular formula is C26H28N4O2. The van der Waals surface area contributed by atoms with Gasteiger partial charge in [-0.2, -0.15) is 0 Å². The largest absolute Gasteiger partial charge is 0.491 e. The number of benzene rings is 2. The van der Waals surface area contributed by atoms with Crippen LogP contribution in [0.25, 0.3) is 22.2 Å². The Bertz CT molecular complexity index is 1280. The molecule has 0 aliphatic heterocycles. The predicted octanol–water partition coefficient (Wildman–Crippen LogP) is 5.75. The van der Waals surface area contributed by atoms with Gasteiger partial charge in [-0.1, -0.05) is 18.2 Å². The highest BCUT2D eigenvalue weighted by Crippen LogP contribution is 2.31. The predicted molar refractivity (Wildman–Crippen MR) is 131 cm³/mol. The molecule has 0 radical (unpaired) electrons. The van der Waals surface area contributed by atoms with Crippen LogP contribution < -0.4 is 15.0 Å². The first-order chi connectivity index (χ1) is 15.3. The third-order valence-electron chi connectivity index (χ3n) is 5.41. The number of pyridine rings is 1. The summed E-state index contributed by atoms with van der Waals surface area (Å²) < 4.78 is 7.93. The molecule has 0 saturated heterocycles. The number of amides is 1. The van der Waals surface area contributed by atoms with Crippen LogP contribution >= 0.6 is 0 Å². The summed E-state index contributed by atoms with van der Waals surface area (Å²) in [7, 11) is 3.83. The molecule has 1 amide bonds. The van der Waals surface area contributed by atoms with E-state index >= 15 is 0 Å². The number of hydrogen-bond acceptors (Lipinski definition) is 4. The molecule has 6 nitrogen and oxygen atoms in total. The molecule has 0 bridgehead atoms. The normalized spacial score (nSPS) is 11.1. The first-order valence-electron chi connectivity index (χ1n) is 10.7. The van der Waals surface area contributed by atoms with Crippen molar-refractivity contribution in [1.82, 2.24) is 9.55 Å². The average molecular weight is 429 g/mol. The second kappa shape index (κ2) is 8.75. The van der Waals surface area contributed by atoms with E-state index in [0.717, 1.165) is 45.1 Å². The molecule has 32 heavy (non-hydrogen) atoms. The summed E-state index contributed by atoms with van der Waals surface area (Å²) in [5.74, 6) is 1.58. The van der Waals surface area contributed by atoms with Crippen LogP contribution in [-0.2, 0) is 11.8 Å². The van der Waals surface area contributed by atoms with Gasteiger partial charge in [0.25, 0.3) is 0 Å². The number of aryl methyl sites for hydroxylation is 1. The van der Waals surface area contributed by atoms with Gasteiger partial charge in [-0.15, -0.1) is 0 Å². The van der Waals surface area contributed by atoms with Crippen LogP contribution in [0.15, 0.2) is 66.9 Å². The van der Waals surface area contributed by atoms with Gasteiger partial charge in [-0.3, -0.25) is 4.79 Å². The Morgan fingerprint density at radius 3 is 2.62 bits per heavy atom. The lowest BCUT2D eigenvalue weighted by Crippen LogP contribution is -2.22. The molecule has 2 heterocycles. The molecule has 0 atom stereocenters. The zero-order valence-corrected chi connectivity index (χ0v) is 19.1. The number of aromatic nitrogens is 2. The zero-order chi connectivity index (χ0) is 22.8. The molecule has 2 aromatic heterocycles. The number of rotatable bonds is 6. The highest BCUT2D eigenvalue weighted by Gasteiger charge is 2.12. The zero-order valence-electron chi connectivity index (χ0n) is 19.1. The maximum absolute atomic E-state index is 11.8. The second-order valence-electron chi connectivity index (χ2n) is 8.16. The van der Waals surface area contributed by atoms with Crippen molar-refractivity contribution >= 4 is 34.0 Å². The minimum atomic E-state index is 0.00183. The standard InChI is InChI=1S/C26H28N4O2/c1-17(2)32-23-11-7-9-21(14-23)28-26-15-25-20(16-27-26)13-24(30(25)5)19-8-6-10-22(12-19)29(4)18(3)31/h6-17H,1-5H3,(H,27,28). The van der Waals surface area contributed by atoms with Crippen molar-refractivity contribution in [3.05, 3.63) is 66.9 Å². The molecule has 2 aromatic carbocycles. The lowest BCUT2D eigenvalue weighted by molar-refractivity contribution is -0.116. The van der Waals surface area contributed by atoms with Crippen molar-refractivity contribution in [3.63, 3.8) is 0 Å². The van der Waals surface area contributed by atoms with Gasteiger partial charge in [0, 0.05) is 67.4 Å². The van der Waals surface area contributed by atoms with Crippen LogP contribution in [0.3, 0.4) is 0 Å². The minimum Gasteiger partial charge on any atom is -0.491 e. The first kappa shape index (κ1) is 21.4. The minimum absolute atomic E-state index is 0.00183. The molecule has 0 aliphatic carbocycles. The second-order valence-corrected chi connectivity index (χ2v) is 8.16. The Labute approximate surface area is 188 Å². The summed E-state index contributed by atoms with van der Waals surface area (Å²) in [6.07, 6.45) is 2.00. The van der Waals surface area contributed by atoms with E-state index in [0.29, 0.717) is 0 Å². The third-order valence-corrected chi connectivity index (χ3v) is 5.41. The smallest absolute Gasteiger partial charge is 0.223 e. The maximum Gasteiger partial charge on any atom is 0.223 e. The van der Waals surface area contributed by atoms with Crippen LogP contribution in [0.2, 0.25) is 0 Å². The van der Waals surface area contributed by atoms with E-state index in [1.807, 2.05) is 75.6 Å². The molecule has 164 valence electrons. The van der Waals surface area contributed by atoms with E-state index in [4.69, 9.17) is 4.74 Å². The van der Waals surface area contributed by atoms with E-state index in [1.54, 1.807) is 18.9 Å². The van der Waals surface area contributed by atoms with Gasteiger partial charge in [0.1, 0.15) is 11.6 Å². The van der Waals surface area contributed by atoms with Gasteiger partial charge in [0.15, 0.2) is 0 Å². The summed E-state index contributed by atoms with van der Waals surface area (Å²) in [5, 5.41) is 4.43. The monoisotopic (exact) mass is 428 g/mol. The number of nitrogens with zero attached hydrogens (tertiary/aromatic N) is 3. The summed E-state index contributed by atoms with van der Waals surface area (Å²) in [6, 6.07) is 20.0. The summed E-state index contributed by atoms with van der Waals surface area (Å²) in [4.78, 5) is 18.0. The molecule has 6 heteroatoms. The lowest BCUT2D eigenvalue weighted by Gasteiger charge is -2.16. The highest BCUT2D eigenvalue weighted by atomic mass is 16.5. The fourth-order valence-electron chi connectivity index (χ4n) is 3.70. The van der Waals surface area contributed by atoms with Crippen LogP contribution in [-0.4, -0.2) is 28.6 Å². The first-order valence-corrected chi connectivity index (χ1v) is 10.7. The van der Waals surface area contributed by atoms with E-state index in [9.17, 15) is 4.79 Å². The van der Waals surface area contributed by atoms with Crippen molar-refractivity contribution in [1.29, 1.82) is 0 Å². The number of hydrogen-bond donors (Lipinski definition) is 1. The number of fused-ring (bicyclic) bond motifs is 1. The van der Waals surface area contributed by atoms with Gasteiger partial charge in [0.2, 0.25) is 5.91 Å². The fraction of sp³-hybridized carbons (Fsp3) is 0.231. The quantitative estimate of drug-likeness (QED) is 0.425.